The van der Waals surface area contributed by atoms with Crippen LogP contribution in [0.5, 0.6) is 0 Å². The van der Waals surface area contributed by atoms with Crippen LogP contribution in [0.3, 0.4) is 0 Å². The maximum atomic E-state index is 10.2. The second-order valence-electron chi connectivity index (χ2n) is 1.55. The van der Waals surface area contributed by atoms with E-state index in [0.29, 0.717) is 0 Å². The van der Waals surface area contributed by atoms with E-state index in [1.54, 1.807) is 0 Å². The van der Waals surface area contributed by atoms with E-state index in [4.69, 9.17) is 28.9 Å². The van der Waals surface area contributed by atoms with Crippen molar-refractivity contribution in [3.05, 3.63) is 16.6 Å². The molecule has 0 saturated carbocycles. The van der Waals surface area contributed by atoms with Crippen molar-refractivity contribution < 1.29 is 9.63 Å². The van der Waals surface area contributed by atoms with Crippen LogP contribution in [-0.4, -0.2) is 15.8 Å². The molecule has 0 aromatic carbocycles. The van der Waals surface area contributed by atoms with E-state index in [9.17, 15) is 4.79 Å². The van der Waals surface area contributed by atoms with Gasteiger partial charge in [0, 0.05) is 0 Å². The quantitative estimate of drug-likeness (QED) is 0.718. The van der Waals surface area contributed by atoms with E-state index in [-0.39, 0.29) is 10.4 Å². The van der Waals surface area contributed by atoms with Gasteiger partial charge in [-0.25, -0.2) is 9.78 Å². The fourth-order valence-electron chi connectivity index (χ4n) is 0.471. The van der Waals surface area contributed by atoms with Gasteiger partial charge in [-0.3, -0.25) is 0 Å². The van der Waals surface area contributed by atoms with E-state index in [1.807, 2.05) is 0 Å². The predicted octanol–water partition coefficient (Wildman–Crippen LogP) is 0.697. The topological polar surface area (TPSA) is 70.1 Å². The highest BCUT2D eigenvalue weighted by molar-refractivity contribution is 6.32. The summed E-state index contributed by atoms with van der Waals surface area (Å²) < 4.78 is 0.811. The molecule has 0 bridgehead atoms. The molecule has 0 fully saturated rings. The zero-order valence-corrected chi connectivity index (χ0v) is 6.63. The molecule has 2 N–H and O–H groups in total. The van der Waals surface area contributed by atoms with Gasteiger partial charge in [0.05, 0.1) is 6.20 Å². The largest absolute Gasteiger partial charge is 0.429 e. The van der Waals surface area contributed by atoms with E-state index >= 15 is 0 Å². The molecular formula is C4H3Cl2N3O2. The number of nitrogens with zero attached hydrogens (tertiary/aromatic N) is 2. The first-order valence-electron chi connectivity index (χ1n) is 2.48. The fraction of sp³-hybridized carbons (Fsp3) is 0. The van der Waals surface area contributed by atoms with Crippen molar-refractivity contribution in [2.45, 2.75) is 0 Å². The highest BCUT2D eigenvalue weighted by Gasteiger charge is 2.08. The van der Waals surface area contributed by atoms with Crippen molar-refractivity contribution in [3.8, 4) is 0 Å². The van der Waals surface area contributed by atoms with Crippen molar-refractivity contribution in [1.29, 1.82) is 0 Å². The Bertz CT molecular complexity index is 265. The SMILES string of the molecule is NC(=O)On1c(Cl)cnc1Cl. The smallest absolute Gasteiger partial charge is 0.333 e. The average Bonchev–Trinajstić information content (AvgIpc) is 2.18. The molecule has 11 heavy (non-hydrogen) atoms. The number of imidazole rings is 1. The third-order valence-corrected chi connectivity index (χ3v) is 1.32. The summed E-state index contributed by atoms with van der Waals surface area (Å²) in [5.41, 5.74) is 4.69. The second kappa shape index (κ2) is 2.98. The van der Waals surface area contributed by atoms with Crippen LogP contribution in [0, 0.1) is 0 Å². The second-order valence-corrected chi connectivity index (χ2v) is 2.28. The van der Waals surface area contributed by atoms with Gasteiger partial charge in [-0.2, -0.15) is 0 Å². The molecule has 1 aromatic rings. The van der Waals surface area contributed by atoms with E-state index in [0.717, 1.165) is 4.73 Å². The van der Waals surface area contributed by atoms with Gasteiger partial charge in [0.25, 0.3) is 0 Å². The predicted molar refractivity (Wildman–Crippen MR) is 38.4 cm³/mol. The van der Waals surface area contributed by atoms with Gasteiger partial charge >= 0.3 is 6.09 Å². The van der Waals surface area contributed by atoms with Crippen LogP contribution in [0.2, 0.25) is 10.4 Å². The molecule has 0 saturated heterocycles. The van der Waals surface area contributed by atoms with Crippen molar-refractivity contribution in [2.75, 3.05) is 0 Å². The molecule has 1 amide bonds. The van der Waals surface area contributed by atoms with Crippen LogP contribution in [0.15, 0.2) is 6.20 Å². The lowest BCUT2D eigenvalue weighted by Gasteiger charge is -2.00. The summed E-state index contributed by atoms with van der Waals surface area (Å²) in [6.07, 6.45) is 0.221. The molecular weight excluding hydrogens is 193 g/mol. The van der Waals surface area contributed by atoms with Crippen molar-refractivity contribution in [1.82, 2.24) is 9.71 Å². The summed E-state index contributed by atoms with van der Waals surface area (Å²) in [6, 6.07) is 0. The van der Waals surface area contributed by atoms with Gasteiger partial charge in [0.1, 0.15) is 0 Å². The summed E-state index contributed by atoms with van der Waals surface area (Å²) in [6.45, 7) is 0. The zero-order chi connectivity index (χ0) is 8.43. The maximum Gasteiger partial charge on any atom is 0.429 e. The normalized spacial score (nSPS) is 9.64. The molecule has 1 heterocycles. The van der Waals surface area contributed by atoms with Crippen molar-refractivity contribution in [2.24, 2.45) is 5.73 Å². The van der Waals surface area contributed by atoms with Crippen LogP contribution in [0.1, 0.15) is 0 Å². The molecule has 0 spiro atoms. The molecule has 0 atom stereocenters. The van der Waals surface area contributed by atoms with Gasteiger partial charge in [-0.15, -0.1) is 4.73 Å². The minimum Gasteiger partial charge on any atom is -0.333 e. The minimum absolute atomic E-state index is 0.0613. The number of aromatic nitrogens is 2. The average molecular weight is 196 g/mol. The number of carbonyl (C=O) groups excluding carboxylic acids is 1. The maximum absolute atomic E-state index is 10.2. The Labute approximate surface area is 71.6 Å². The molecule has 0 aliphatic carbocycles. The lowest BCUT2D eigenvalue weighted by Crippen LogP contribution is -2.25. The summed E-state index contributed by atoms with van der Waals surface area (Å²) in [5, 5.41) is 0.0163. The van der Waals surface area contributed by atoms with Crippen LogP contribution in [-0.2, 0) is 0 Å². The van der Waals surface area contributed by atoms with Crippen molar-refractivity contribution in [3.63, 3.8) is 0 Å². The molecule has 0 unspecified atom stereocenters. The van der Waals surface area contributed by atoms with Gasteiger partial charge in [-0.1, -0.05) is 11.6 Å². The minimum atomic E-state index is -1.01. The van der Waals surface area contributed by atoms with E-state index in [2.05, 4.69) is 9.82 Å². The Kier molecular flexibility index (Phi) is 2.21. The lowest BCUT2D eigenvalue weighted by molar-refractivity contribution is 0.143. The highest BCUT2D eigenvalue weighted by Crippen LogP contribution is 2.13. The molecule has 0 aliphatic heterocycles. The van der Waals surface area contributed by atoms with Crippen LogP contribution in [0.25, 0.3) is 0 Å². The molecule has 60 valence electrons. The monoisotopic (exact) mass is 195 g/mol. The molecule has 0 aliphatic rings. The number of carbonyl (C=O) groups is 1. The summed E-state index contributed by atoms with van der Waals surface area (Å²) in [4.78, 5) is 18.1. The van der Waals surface area contributed by atoms with Crippen molar-refractivity contribution >= 4 is 29.3 Å². The van der Waals surface area contributed by atoms with Crippen LogP contribution in [0.4, 0.5) is 4.79 Å². The Morgan fingerprint density at radius 2 is 2.36 bits per heavy atom. The van der Waals surface area contributed by atoms with E-state index < -0.39 is 6.09 Å². The number of amides is 1. The number of nitrogens with two attached hydrogens (primary N) is 1. The number of hydrogen-bond donors (Lipinski definition) is 1. The highest BCUT2D eigenvalue weighted by atomic mass is 35.5. The Balaban J connectivity index is 2.92. The molecule has 1 rings (SSSR count). The third-order valence-electron chi connectivity index (χ3n) is 0.820. The zero-order valence-electron chi connectivity index (χ0n) is 5.12. The summed E-state index contributed by atoms with van der Waals surface area (Å²) in [5.74, 6) is 0. The number of rotatable bonds is 1. The third kappa shape index (κ3) is 1.75. The van der Waals surface area contributed by atoms with Gasteiger partial charge in [-0.05, 0) is 11.6 Å². The molecule has 0 radical (unpaired) electrons. The summed E-state index contributed by atoms with van der Waals surface area (Å²) in [7, 11) is 0. The standard InChI is InChI=1S/C4H3Cl2N3O2/c5-2-1-8-3(6)9(2)11-4(7)10/h1H,(H2,7,10). The first kappa shape index (κ1) is 8.16. The first-order valence-corrected chi connectivity index (χ1v) is 3.23. The molecule has 5 nitrogen and oxygen atoms in total. The van der Waals surface area contributed by atoms with Gasteiger partial charge in [0.15, 0.2) is 5.15 Å². The van der Waals surface area contributed by atoms with Crippen LogP contribution >= 0.6 is 23.2 Å². The summed E-state index contributed by atoms with van der Waals surface area (Å²) >= 11 is 10.9. The number of hydrogen-bond acceptors (Lipinski definition) is 3. The fourth-order valence-corrected chi connectivity index (χ4v) is 0.852. The Hall–Kier alpha value is -0.940. The van der Waals surface area contributed by atoms with Gasteiger partial charge in [0.2, 0.25) is 5.28 Å². The van der Waals surface area contributed by atoms with Crippen LogP contribution < -0.4 is 10.6 Å². The first-order chi connectivity index (χ1) is 5.11. The lowest BCUT2D eigenvalue weighted by atomic mass is 10.9. The molecule has 1 aromatic heterocycles. The Morgan fingerprint density at radius 3 is 2.73 bits per heavy atom. The van der Waals surface area contributed by atoms with Gasteiger partial charge < -0.3 is 10.6 Å². The number of primary amides is 1. The molecule has 7 heteroatoms. The van der Waals surface area contributed by atoms with E-state index in [1.165, 1.54) is 6.20 Å². The number of halogens is 2. The Morgan fingerprint density at radius 1 is 1.73 bits per heavy atom.